The second kappa shape index (κ2) is 5.72. The van der Waals surface area contributed by atoms with Gasteiger partial charge in [-0.25, -0.2) is 9.98 Å². The molecule has 0 aromatic rings. The van der Waals surface area contributed by atoms with Crippen LogP contribution < -0.4 is 0 Å². The molecule has 2 aliphatic rings. The fourth-order valence-electron chi connectivity index (χ4n) is 2.14. The van der Waals surface area contributed by atoms with Crippen LogP contribution in [0.2, 0.25) is 0 Å². The van der Waals surface area contributed by atoms with Gasteiger partial charge in [-0.15, -0.1) is 0 Å². The van der Waals surface area contributed by atoms with Gasteiger partial charge in [-0.3, -0.25) is 0 Å². The minimum Gasteiger partial charge on any atom is -0.472 e. The van der Waals surface area contributed by atoms with Gasteiger partial charge in [0.1, 0.15) is 13.2 Å². The van der Waals surface area contributed by atoms with Crippen molar-refractivity contribution >= 4 is 11.8 Å². The lowest BCUT2D eigenvalue weighted by Gasteiger charge is -2.11. The summed E-state index contributed by atoms with van der Waals surface area (Å²) >= 11 is 0. The molecule has 18 heavy (non-hydrogen) atoms. The molecule has 0 aliphatic carbocycles. The quantitative estimate of drug-likeness (QED) is 0.755. The van der Waals surface area contributed by atoms with Crippen LogP contribution in [0.15, 0.2) is 9.98 Å². The SMILES string of the molecule is CC[C@H](C)[C@@H]1COC(C2=N[C@H]([C@@H](C)CC)CO2)=N1. The molecule has 4 heteroatoms. The molecule has 0 bridgehead atoms. The van der Waals surface area contributed by atoms with Crippen molar-refractivity contribution in [1.29, 1.82) is 0 Å². The van der Waals surface area contributed by atoms with Crippen molar-refractivity contribution in [2.75, 3.05) is 13.2 Å². The van der Waals surface area contributed by atoms with E-state index < -0.39 is 0 Å². The third kappa shape index (κ3) is 2.68. The Hall–Kier alpha value is -1.06. The zero-order chi connectivity index (χ0) is 13.1. The Labute approximate surface area is 109 Å². The van der Waals surface area contributed by atoms with E-state index in [-0.39, 0.29) is 12.1 Å². The molecule has 4 nitrogen and oxygen atoms in total. The van der Waals surface area contributed by atoms with Gasteiger partial charge in [0.2, 0.25) is 0 Å². The standard InChI is InChI=1S/C14H24N2O2/c1-5-9(3)11-7-17-13(15-11)14-16-12(8-18-14)10(4)6-2/h9-12H,5-8H2,1-4H3/t9-,10-,11-,12-/m0/s1. The summed E-state index contributed by atoms with van der Waals surface area (Å²) in [6.45, 7) is 10.1. The highest BCUT2D eigenvalue weighted by molar-refractivity contribution is 6.36. The Morgan fingerprint density at radius 2 is 1.33 bits per heavy atom. The predicted octanol–water partition coefficient (Wildman–Crippen LogP) is 2.67. The van der Waals surface area contributed by atoms with Gasteiger partial charge in [0.25, 0.3) is 11.8 Å². The topological polar surface area (TPSA) is 43.2 Å². The molecule has 2 rings (SSSR count). The summed E-state index contributed by atoms with van der Waals surface area (Å²) in [6.07, 6.45) is 2.24. The third-order valence-corrected chi connectivity index (χ3v) is 4.13. The monoisotopic (exact) mass is 252 g/mol. The van der Waals surface area contributed by atoms with Gasteiger partial charge >= 0.3 is 0 Å². The summed E-state index contributed by atoms with van der Waals surface area (Å²) in [6, 6.07) is 0.526. The Morgan fingerprint density at radius 3 is 1.67 bits per heavy atom. The van der Waals surface area contributed by atoms with Gasteiger partial charge in [0.05, 0.1) is 12.1 Å². The second-order valence-corrected chi connectivity index (χ2v) is 5.40. The molecular formula is C14H24N2O2. The fourth-order valence-corrected chi connectivity index (χ4v) is 2.14. The fraction of sp³-hybridized carbons (Fsp3) is 0.857. The van der Waals surface area contributed by atoms with Crippen LogP contribution >= 0.6 is 0 Å². The van der Waals surface area contributed by atoms with Crippen molar-refractivity contribution in [3.8, 4) is 0 Å². The highest BCUT2D eigenvalue weighted by Gasteiger charge is 2.32. The number of hydrogen-bond acceptors (Lipinski definition) is 4. The van der Waals surface area contributed by atoms with Gasteiger partial charge in [-0.2, -0.15) is 0 Å². The highest BCUT2D eigenvalue weighted by atomic mass is 16.5. The molecule has 0 saturated heterocycles. The molecule has 0 aromatic carbocycles. The summed E-state index contributed by atoms with van der Waals surface area (Å²) in [5.74, 6) is 2.34. The highest BCUT2D eigenvalue weighted by Crippen LogP contribution is 2.21. The van der Waals surface area contributed by atoms with Crippen molar-refractivity contribution in [1.82, 2.24) is 0 Å². The van der Waals surface area contributed by atoms with Crippen LogP contribution in [0.1, 0.15) is 40.5 Å². The number of hydrogen-bond donors (Lipinski definition) is 0. The lowest BCUT2D eigenvalue weighted by atomic mass is 10.0. The Balaban J connectivity index is 2.01. The predicted molar refractivity (Wildman–Crippen MR) is 73.3 cm³/mol. The Bertz CT molecular complexity index is 318. The molecule has 4 atom stereocenters. The van der Waals surface area contributed by atoms with Crippen LogP contribution in [-0.4, -0.2) is 37.1 Å². The molecule has 2 heterocycles. The molecule has 0 spiro atoms. The van der Waals surface area contributed by atoms with Crippen LogP contribution in [0, 0.1) is 11.8 Å². The molecule has 102 valence electrons. The number of nitrogens with zero attached hydrogens (tertiary/aromatic N) is 2. The van der Waals surface area contributed by atoms with E-state index >= 15 is 0 Å². The normalized spacial score (nSPS) is 30.2. The van der Waals surface area contributed by atoms with Crippen LogP contribution in [0.4, 0.5) is 0 Å². The average molecular weight is 252 g/mol. The van der Waals surface area contributed by atoms with Gasteiger partial charge < -0.3 is 9.47 Å². The first-order valence-electron chi connectivity index (χ1n) is 7.07. The van der Waals surface area contributed by atoms with Crippen LogP contribution in [0.25, 0.3) is 0 Å². The number of aliphatic imine (C=N–C) groups is 2. The van der Waals surface area contributed by atoms with Crippen LogP contribution in [0.5, 0.6) is 0 Å². The summed E-state index contributed by atoms with van der Waals surface area (Å²) in [7, 11) is 0. The van der Waals surface area contributed by atoms with Gasteiger partial charge in [-0.1, -0.05) is 40.5 Å². The van der Waals surface area contributed by atoms with Gasteiger partial charge in [0, 0.05) is 0 Å². The molecule has 0 N–H and O–H groups in total. The maximum atomic E-state index is 5.63. The van der Waals surface area contributed by atoms with E-state index in [4.69, 9.17) is 9.47 Å². The molecule has 0 radical (unpaired) electrons. The van der Waals surface area contributed by atoms with E-state index in [1.165, 1.54) is 0 Å². The van der Waals surface area contributed by atoms with Crippen LogP contribution in [0.3, 0.4) is 0 Å². The first-order valence-corrected chi connectivity index (χ1v) is 7.07. The van der Waals surface area contributed by atoms with Crippen molar-refractivity contribution in [2.45, 2.75) is 52.6 Å². The third-order valence-electron chi connectivity index (χ3n) is 4.13. The summed E-state index contributed by atoms with van der Waals surface area (Å²) in [5.41, 5.74) is 0. The molecule has 0 aromatic heterocycles. The van der Waals surface area contributed by atoms with E-state index in [0.717, 1.165) is 12.8 Å². The smallest absolute Gasteiger partial charge is 0.273 e. The summed E-state index contributed by atoms with van der Waals surface area (Å²) in [4.78, 5) is 9.20. The summed E-state index contributed by atoms with van der Waals surface area (Å²) in [5, 5.41) is 0. The zero-order valence-corrected chi connectivity index (χ0v) is 11.8. The lowest BCUT2D eigenvalue weighted by molar-refractivity contribution is 0.265. The van der Waals surface area contributed by atoms with E-state index in [0.29, 0.717) is 36.8 Å². The van der Waals surface area contributed by atoms with Crippen molar-refractivity contribution < 1.29 is 9.47 Å². The molecule has 0 saturated carbocycles. The largest absolute Gasteiger partial charge is 0.472 e. The molecule has 0 amide bonds. The lowest BCUT2D eigenvalue weighted by Crippen LogP contribution is -2.16. The zero-order valence-electron chi connectivity index (χ0n) is 11.8. The first kappa shape index (κ1) is 13.4. The van der Waals surface area contributed by atoms with E-state index in [9.17, 15) is 0 Å². The van der Waals surface area contributed by atoms with Crippen LogP contribution in [-0.2, 0) is 9.47 Å². The first-order chi connectivity index (χ1) is 8.65. The molecule has 0 fully saturated rings. The molecular weight excluding hydrogens is 228 g/mol. The second-order valence-electron chi connectivity index (χ2n) is 5.40. The average Bonchev–Trinajstić information content (AvgIpc) is 3.04. The van der Waals surface area contributed by atoms with Crippen molar-refractivity contribution in [3.05, 3.63) is 0 Å². The minimum atomic E-state index is 0.263. The number of rotatable bonds is 5. The molecule has 2 aliphatic heterocycles. The van der Waals surface area contributed by atoms with E-state index in [1.54, 1.807) is 0 Å². The Morgan fingerprint density at radius 1 is 0.944 bits per heavy atom. The maximum absolute atomic E-state index is 5.63. The molecule has 0 unspecified atom stereocenters. The maximum Gasteiger partial charge on any atom is 0.273 e. The van der Waals surface area contributed by atoms with Gasteiger partial charge in [-0.05, 0) is 11.8 Å². The van der Waals surface area contributed by atoms with Crippen molar-refractivity contribution in [2.24, 2.45) is 21.8 Å². The van der Waals surface area contributed by atoms with E-state index in [1.807, 2.05) is 0 Å². The number of ether oxygens (including phenoxy) is 2. The summed E-state index contributed by atoms with van der Waals surface area (Å²) < 4.78 is 11.3. The minimum absolute atomic E-state index is 0.263. The Kier molecular flexibility index (Phi) is 4.25. The van der Waals surface area contributed by atoms with Crippen molar-refractivity contribution in [3.63, 3.8) is 0 Å². The van der Waals surface area contributed by atoms with E-state index in [2.05, 4.69) is 37.7 Å². The van der Waals surface area contributed by atoms with Gasteiger partial charge in [0.15, 0.2) is 0 Å².